The summed E-state index contributed by atoms with van der Waals surface area (Å²) >= 11 is 0. The van der Waals surface area contributed by atoms with Crippen molar-refractivity contribution in [2.24, 2.45) is 0 Å². The van der Waals surface area contributed by atoms with Crippen LogP contribution in [0, 0.1) is 0 Å². The second-order valence-corrected chi connectivity index (χ2v) is 6.22. The number of nitrogens with zero attached hydrogens (tertiary/aromatic N) is 3. The van der Waals surface area contributed by atoms with E-state index in [1.807, 2.05) is 17.2 Å². The zero-order valence-electron chi connectivity index (χ0n) is 13.8. The van der Waals surface area contributed by atoms with Crippen LogP contribution in [0.3, 0.4) is 0 Å². The molecule has 6 heteroatoms. The van der Waals surface area contributed by atoms with Crippen LogP contribution in [0.1, 0.15) is 31.7 Å². The zero-order chi connectivity index (χ0) is 16.1. The summed E-state index contributed by atoms with van der Waals surface area (Å²) in [5.74, 6) is 1.02. The van der Waals surface area contributed by atoms with Gasteiger partial charge in [-0.1, -0.05) is 6.92 Å². The maximum atomic E-state index is 12.3. The molecular weight excluding hydrogens is 292 g/mol. The number of hydrogen-bond acceptors (Lipinski definition) is 4. The number of pyridine rings is 1. The van der Waals surface area contributed by atoms with E-state index < -0.39 is 0 Å². The predicted octanol–water partition coefficient (Wildman–Crippen LogP) is 2.00. The quantitative estimate of drug-likeness (QED) is 0.922. The number of ether oxygens (including phenoxy) is 1. The van der Waals surface area contributed by atoms with Crippen LogP contribution in [-0.4, -0.2) is 54.8 Å². The van der Waals surface area contributed by atoms with Gasteiger partial charge < -0.3 is 19.9 Å². The molecule has 2 fully saturated rings. The van der Waals surface area contributed by atoms with Gasteiger partial charge in [0.1, 0.15) is 5.82 Å². The highest BCUT2D eigenvalue weighted by molar-refractivity contribution is 5.74. The third-order valence-corrected chi connectivity index (χ3v) is 4.57. The Bertz CT molecular complexity index is 531. The number of morpholine rings is 1. The van der Waals surface area contributed by atoms with Gasteiger partial charge in [0, 0.05) is 38.9 Å². The van der Waals surface area contributed by atoms with Crippen molar-refractivity contribution >= 4 is 11.8 Å². The van der Waals surface area contributed by atoms with Crippen molar-refractivity contribution in [3.63, 3.8) is 0 Å². The van der Waals surface area contributed by atoms with Gasteiger partial charge in [-0.05, 0) is 37.0 Å². The monoisotopic (exact) mass is 318 g/mol. The van der Waals surface area contributed by atoms with Crippen molar-refractivity contribution in [2.45, 2.75) is 38.8 Å². The van der Waals surface area contributed by atoms with E-state index in [9.17, 15) is 4.79 Å². The molecule has 126 valence electrons. The number of carbonyl (C=O) groups excluding carboxylic acids is 1. The molecule has 0 saturated carbocycles. The fourth-order valence-corrected chi connectivity index (χ4v) is 3.13. The molecule has 1 aromatic rings. The average molecular weight is 318 g/mol. The smallest absolute Gasteiger partial charge is 0.317 e. The molecule has 1 atom stereocenters. The normalized spacial score (nSPS) is 21.5. The molecule has 3 rings (SSSR count). The van der Waals surface area contributed by atoms with Gasteiger partial charge in [-0.3, -0.25) is 0 Å². The Kier molecular flexibility index (Phi) is 5.33. The zero-order valence-corrected chi connectivity index (χ0v) is 13.8. The SMILES string of the molecule is CCC1CN(C(=O)NCc2ccnc(N3CCCC3)c2)CCO1. The Morgan fingerprint density at radius 3 is 3.00 bits per heavy atom. The third-order valence-electron chi connectivity index (χ3n) is 4.57. The lowest BCUT2D eigenvalue weighted by atomic mass is 10.2. The molecule has 1 aromatic heterocycles. The molecule has 23 heavy (non-hydrogen) atoms. The molecule has 1 unspecified atom stereocenters. The molecule has 2 aliphatic heterocycles. The second-order valence-electron chi connectivity index (χ2n) is 6.22. The summed E-state index contributed by atoms with van der Waals surface area (Å²) < 4.78 is 5.61. The molecule has 0 radical (unpaired) electrons. The number of rotatable bonds is 4. The van der Waals surface area contributed by atoms with Crippen LogP contribution in [0.25, 0.3) is 0 Å². The second kappa shape index (κ2) is 7.64. The predicted molar refractivity (Wildman–Crippen MR) is 89.5 cm³/mol. The topological polar surface area (TPSA) is 57.7 Å². The molecule has 2 aliphatic rings. The summed E-state index contributed by atoms with van der Waals surface area (Å²) in [4.78, 5) is 20.9. The van der Waals surface area contributed by atoms with Gasteiger partial charge in [-0.15, -0.1) is 0 Å². The number of urea groups is 1. The molecule has 0 bridgehead atoms. The van der Waals surface area contributed by atoms with Crippen LogP contribution in [0.15, 0.2) is 18.3 Å². The lowest BCUT2D eigenvalue weighted by molar-refractivity contribution is -0.0154. The first-order valence-corrected chi connectivity index (χ1v) is 8.60. The highest BCUT2D eigenvalue weighted by Gasteiger charge is 2.22. The van der Waals surface area contributed by atoms with E-state index in [1.165, 1.54) is 12.8 Å². The molecule has 0 aliphatic carbocycles. The standard InChI is InChI=1S/C17H26N4O2/c1-2-15-13-21(9-10-23-15)17(22)19-12-14-5-6-18-16(11-14)20-7-3-4-8-20/h5-6,11,15H,2-4,7-10,12-13H2,1H3,(H,19,22). The van der Waals surface area contributed by atoms with Gasteiger partial charge in [0.15, 0.2) is 0 Å². The number of aromatic nitrogens is 1. The summed E-state index contributed by atoms with van der Waals surface area (Å²) in [6.07, 6.45) is 5.40. The number of anilines is 1. The average Bonchev–Trinajstić information content (AvgIpc) is 3.14. The molecule has 0 aromatic carbocycles. The molecule has 0 spiro atoms. The first-order chi connectivity index (χ1) is 11.3. The van der Waals surface area contributed by atoms with Gasteiger partial charge >= 0.3 is 6.03 Å². The van der Waals surface area contributed by atoms with Gasteiger partial charge in [0.05, 0.1) is 12.7 Å². The summed E-state index contributed by atoms with van der Waals surface area (Å²) in [6.45, 7) is 6.75. The van der Waals surface area contributed by atoms with Crippen molar-refractivity contribution in [3.8, 4) is 0 Å². The van der Waals surface area contributed by atoms with E-state index in [0.29, 0.717) is 26.2 Å². The van der Waals surface area contributed by atoms with E-state index >= 15 is 0 Å². The van der Waals surface area contributed by atoms with E-state index in [4.69, 9.17) is 4.74 Å². The number of hydrogen-bond donors (Lipinski definition) is 1. The summed E-state index contributed by atoms with van der Waals surface area (Å²) in [7, 11) is 0. The molecule has 2 amide bonds. The highest BCUT2D eigenvalue weighted by Crippen LogP contribution is 2.18. The summed E-state index contributed by atoms with van der Waals surface area (Å²) in [6, 6.07) is 4.04. The molecule has 6 nitrogen and oxygen atoms in total. The Morgan fingerprint density at radius 2 is 2.22 bits per heavy atom. The lowest BCUT2D eigenvalue weighted by Gasteiger charge is -2.32. The van der Waals surface area contributed by atoms with Gasteiger partial charge in [-0.25, -0.2) is 9.78 Å². The van der Waals surface area contributed by atoms with Crippen molar-refractivity contribution in [2.75, 3.05) is 37.7 Å². The Hall–Kier alpha value is -1.82. The van der Waals surface area contributed by atoms with Gasteiger partial charge in [0.2, 0.25) is 0 Å². The number of nitrogens with one attached hydrogen (secondary N) is 1. The minimum atomic E-state index is -0.00807. The highest BCUT2D eigenvalue weighted by atomic mass is 16.5. The van der Waals surface area contributed by atoms with Crippen LogP contribution in [0.4, 0.5) is 10.6 Å². The van der Waals surface area contributed by atoms with Crippen molar-refractivity contribution < 1.29 is 9.53 Å². The maximum absolute atomic E-state index is 12.3. The first kappa shape index (κ1) is 16.1. The van der Waals surface area contributed by atoms with Gasteiger partial charge in [-0.2, -0.15) is 0 Å². The van der Waals surface area contributed by atoms with Crippen molar-refractivity contribution in [1.29, 1.82) is 0 Å². The van der Waals surface area contributed by atoms with E-state index in [2.05, 4.69) is 28.2 Å². The van der Waals surface area contributed by atoms with Crippen LogP contribution in [0.5, 0.6) is 0 Å². The van der Waals surface area contributed by atoms with Crippen molar-refractivity contribution in [3.05, 3.63) is 23.9 Å². The summed E-state index contributed by atoms with van der Waals surface area (Å²) in [5, 5.41) is 3.02. The minimum Gasteiger partial charge on any atom is -0.375 e. The van der Waals surface area contributed by atoms with E-state index in [-0.39, 0.29) is 12.1 Å². The van der Waals surface area contributed by atoms with Crippen LogP contribution in [0.2, 0.25) is 0 Å². The Labute approximate surface area is 137 Å². The molecule has 2 saturated heterocycles. The third kappa shape index (κ3) is 4.13. The largest absolute Gasteiger partial charge is 0.375 e. The molecule has 1 N–H and O–H groups in total. The van der Waals surface area contributed by atoms with Crippen LogP contribution >= 0.6 is 0 Å². The Morgan fingerprint density at radius 1 is 1.39 bits per heavy atom. The number of amides is 2. The van der Waals surface area contributed by atoms with E-state index in [1.54, 1.807) is 0 Å². The fraction of sp³-hybridized carbons (Fsp3) is 0.647. The maximum Gasteiger partial charge on any atom is 0.317 e. The fourth-order valence-electron chi connectivity index (χ4n) is 3.13. The molecule has 3 heterocycles. The van der Waals surface area contributed by atoms with Crippen molar-refractivity contribution in [1.82, 2.24) is 15.2 Å². The minimum absolute atomic E-state index is 0.00807. The van der Waals surface area contributed by atoms with Gasteiger partial charge in [0.25, 0.3) is 0 Å². The number of carbonyl (C=O) groups is 1. The molecular formula is C17H26N4O2. The van der Waals surface area contributed by atoms with E-state index in [0.717, 1.165) is 30.9 Å². The summed E-state index contributed by atoms with van der Waals surface area (Å²) in [5.41, 5.74) is 1.09. The van der Waals surface area contributed by atoms with Crippen LogP contribution in [-0.2, 0) is 11.3 Å². The lowest BCUT2D eigenvalue weighted by Crippen LogP contribution is -2.49. The Balaban J connectivity index is 1.53. The van der Waals surface area contributed by atoms with Crippen LogP contribution < -0.4 is 10.2 Å². The first-order valence-electron chi connectivity index (χ1n) is 8.60.